The average molecular weight is 426 g/mol. The maximum absolute atomic E-state index is 6.18. The summed E-state index contributed by atoms with van der Waals surface area (Å²) < 4.78 is 0. The van der Waals surface area contributed by atoms with Crippen LogP contribution in [0.15, 0.2) is 84.9 Å². The van der Waals surface area contributed by atoms with Gasteiger partial charge in [-0.15, -0.1) is 0 Å². The molecule has 4 rings (SSSR count). The van der Waals surface area contributed by atoms with Crippen LogP contribution >= 0.6 is 11.6 Å². The van der Waals surface area contributed by atoms with Gasteiger partial charge in [-0.2, -0.15) is 9.97 Å². The Labute approximate surface area is 188 Å². The number of rotatable bonds is 7. The third-order valence-corrected chi connectivity index (χ3v) is 5.23. The summed E-state index contributed by atoms with van der Waals surface area (Å²) in [4.78, 5) is 13.2. The van der Waals surface area contributed by atoms with Crippen LogP contribution in [0.4, 0.5) is 0 Å². The lowest BCUT2D eigenvalue weighted by atomic mass is 9.99. The van der Waals surface area contributed by atoms with Gasteiger partial charge in [0.05, 0.1) is 0 Å². The largest absolute Gasteiger partial charge is 0.226 e. The normalized spacial score (nSPS) is 11.2. The second-order valence-electron chi connectivity index (χ2n) is 7.36. The summed E-state index contributed by atoms with van der Waals surface area (Å²) in [6.45, 7) is 2.17. The van der Waals surface area contributed by atoms with Crippen LogP contribution in [0.3, 0.4) is 0 Å². The monoisotopic (exact) mass is 425 g/mol. The van der Waals surface area contributed by atoms with Crippen molar-refractivity contribution in [3.8, 4) is 33.6 Å². The highest BCUT2D eigenvalue weighted by Gasteiger charge is 2.08. The molecule has 4 aromatic rings. The van der Waals surface area contributed by atoms with Crippen molar-refractivity contribution >= 4 is 17.7 Å². The molecule has 0 radical (unpaired) electrons. The SMILES string of the molecule is CCCC/C=C/c1nc(Cl)nc(-c2cccc(-c3ccc(-c4ccccc4)cc3)c2)n1. The quantitative estimate of drug-likeness (QED) is 0.284. The Kier molecular flexibility index (Phi) is 6.85. The summed E-state index contributed by atoms with van der Waals surface area (Å²) in [5, 5.41) is 0.206. The van der Waals surface area contributed by atoms with Crippen molar-refractivity contribution in [3.05, 3.63) is 96.0 Å². The number of allylic oxidation sites excluding steroid dienone is 1. The minimum Gasteiger partial charge on any atom is -0.209 e. The Bertz CT molecular complexity index is 1170. The van der Waals surface area contributed by atoms with Gasteiger partial charge in [0.25, 0.3) is 0 Å². The zero-order valence-corrected chi connectivity index (χ0v) is 18.3. The number of nitrogens with zero attached hydrogens (tertiary/aromatic N) is 3. The standard InChI is InChI=1S/C27H24ClN3/c1-2-3-4-8-14-25-29-26(31-27(28)30-25)24-13-9-12-23(19-24)22-17-15-21(16-18-22)20-10-6-5-7-11-20/h5-19H,2-4H2,1H3/b14-8+. The molecule has 4 heteroatoms. The van der Waals surface area contributed by atoms with E-state index in [1.165, 1.54) is 11.1 Å². The molecule has 0 aliphatic carbocycles. The summed E-state index contributed by atoms with van der Waals surface area (Å²) in [5.74, 6) is 1.17. The molecule has 0 amide bonds. The van der Waals surface area contributed by atoms with Crippen molar-refractivity contribution in [2.24, 2.45) is 0 Å². The van der Waals surface area contributed by atoms with Crippen molar-refractivity contribution in [2.45, 2.75) is 26.2 Å². The summed E-state index contributed by atoms with van der Waals surface area (Å²) in [6.07, 6.45) is 7.31. The molecule has 0 bridgehead atoms. The number of hydrogen-bond acceptors (Lipinski definition) is 3. The Morgan fingerprint density at radius 2 is 1.35 bits per heavy atom. The van der Waals surface area contributed by atoms with Gasteiger partial charge in [0.15, 0.2) is 11.6 Å². The van der Waals surface area contributed by atoms with Crippen LogP contribution in [0.25, 0.3) is 39.7 Å². The van der Waals surface area contributed by atoms with Gasteiger partial charge in [-0.25, -0.2) is 4.98 Å². The Hall–Kier alpha value is -3.30. The van der Waals surface area contributed by atoms with E-state index < -0.39 is 0 Å². The molecule has 1 heterocycles. The number of unbranched alkanes of at least 4 members (excludes halogenated alkanes) is 2. The lowest BCUT2D eigenvalue weighted by Crippen LogP contribution is -1.97. The van der Waals surface area contributed by atoms with Gasteiger partial charge >= 0.3 is 0 Å². The molecular formula is C27H24ClN3. The molecule has 0 atom stereocenters. The first-order valence-corrected chi connectivity index (χ1v) is 10.9. The van der Waals surface area contributed by atoms with E-state index in [1.54, 1.807) is 0 Å². The van der Waals surface area contributed by atoms with Gasteiger partial charge in [0.2, 0.25) is 5.28 Å². The van der Waals surface area contributed by atoms with E-state index in [9.17, 15) is 0 Å². The average Bonchev–Trinajstić information content (AvgIpc) is 2.82. The van der Waals surface area contributed by atoms with E-state index in [0.29, 0.717) is 11.6 Å². The van der Waals surface area contributed by atoms with Crippen LogP contribution in [-0.2, 0) is 0 Å². The van der Waals surface area contributed by atoms with Crippen LogP contribution in [-0.4, -0.2) is 15.0 Å². The summed E-state index contributed by atoms with van der Waals surface area (Å²) in [6, 6.07) is 27.2. The second kappa shape index (κ2) is 10.1. The van der Waals surface area contributed by atoms with Crippen molar-refractivity contribution in [2.75, 3.05) is 0 Å². The second-order valence-corrected chi connectivity index (χ2v) is 7.69. The van der Waals surface area contributed by atoms with Gasteiger partial charge in [-0.3, -0.25) is 0 Å². The van der Waals surface area contributed by atoms with Crippen LogP contribution in [0.2, 0.25) is 5.28 Å². The van der Waals surface area contributed by atoms with Crippen LogP contribution in [0, 0.1) is 0 Å². The molecule has 0 N–H and O–H groups in total. The molecule has 154 valence electrons. The number of aromatic nitrogens is 3. The molecule has 0 unspecified atom stereocenters. The molecule has 0 aliphatic rings. The van der Waals surface area contributed by atoms with Crippen molar-refractivity contribution < 1.29 is 0 Å². The predicted octanol–water partition coefficient (Wildman–Crippen LogP) is 7.73. The van der Waals surface area contributed by atoms with E-state index in [2.05, 4.69) is 88.6 Å². The molecule has 31 heavy (non-hydrogen) atoms. The topological polar surface area (TPSA) is 38.7 Å². The van der Waals surface area contributed by atoms with Gasteiger partial charge in [0.1, 0.15) is 0 Å². The Balaban J connectivity index is 1.60. The Morgan fingerprint density at radius 1 is 0.710 bits per heavy atom. The molecule has 3 nitrogen and oxygen atoms in total. The molecule has 1 aromatic heterocycles. The van der Waals surface area contributed by atoms with Gasteiger partial charge in [-0.1, -0.05) is 98.6 Å². The summed E-state index contributed by atoms with van der Waals surface area (Å²) >= 11 is 6.18. The first-order valence-electron chi connectivity index (χ1n) is 10.6. The highest BCUT2D eigenvalue weighted by molar-refractivity contribution is 6.28. The minimum absolute atomic E-state index is 0.206. The van der Waals surface area contributed by atoms with Crippen molar-refractivity contribution in [1.29, 1.82) is 0 Å². The maximum atomic E-state index is 6.18. The number of halogens is 1. The minimum atomic E-state index is 0.206. The summed E-state index contributed by atoms with van der Waals surface area (Å²) in [7, 11) is 0. The first-order chi connectivity index (χ1) is 15.2. The third kappa shape index (κ3) is 5.44. The molecule has 0 saturated heterocycles. The smallest absolute Gasteiger partial charge is 0.209 e. The van der Waals surface area contributed by atoms with Crippen molar-refractivity contribution in [3.63, 3.8) is 0 Å². The Morgan fingerprint density at radius 3 is 2.10 bits per heavy atom. The fourth-order valence-electron chi connectivity index (χ4n) is 3.40. The molecule has 0 fully saturated rings. The fraction of sp³-hybridized carbons (Fsp3) is 0.148. The van der Waals surface area contributed by atoms with Crippen LogP contribution in [0.5, 0.6) is 0 Å². The zero-order valence-electron chi connectivity index (χ0n) is 17.5. The van der Waals surface area contributed by atoms with E-state index in [4.69, 9.17) is 11.6 Å². The van der Waals surface area contributed by atoms with Gasteiger partial charge < -0.3 is 0 Å². The van der Waals surface area contributed by atoms with Gasteiger partial charge in [-0.05, 0) is 52.4 Å². The van der Waals surface area contributed by atoms with E-state index in [0.717, 1.165) is 36.0 Å². The predicted molar refractivity (Wildman–Crippen MR) is 130 cm³/mol. The third-order valence-electron chi connectivity index (χ3n) is 5.06. The summed E-state index contributed by atoms with van der Waals surface area (Å²) in [5.41, 5.74) is 5.57. The first kappa shape index (κ1) is 21.0. The van der Waals surface area contributed by atoms with E-state index >= 15 is 0 Å². The molecule has 0 aliphatic heterocycles. The van der Waals surface area contributed by atoms with Crippen LogP contribution in [0.1, 0.15) is 32.0 Å². The molecule has 3 aromatic carbocycles. The molecule has 0 saturated carbocycles. The molecule has 0 spiro atoms. The molecular weight excluding hydrogens is 402 g/mol. The van der Waals surface area contributed by atoms with E-state index in [-0.39, 0.29) is 5.28 Å². The van der Waals surface area contributed by atoms with Crippen molar-refractivity contribution in [1.82, 2.24) is 15.0 Å². The zero-order chi connectivity index (χ0) is 21.5. The lowest BCUT2D eigenvalue weighted by Gasteiger charge is -2.07. The number of hydrogen-bond donors (Lipinski definition) is 0. The maximum Gasteiger partial charge on any atom is 0.226 e. The van der Waals surface area contributed by atoms with Crippen LogP contribution < -0.4 is 0 Å². The van der Waals surface area contributed by atoms with Gasteiger partial charge in [0, 0.05) is 5.56 Å². The lowest BCUT2D eigenvalue weighted by molar-refractivity contribution is 0.816. The fourth-order valence-corrected chi connectivity index (χ4v) is 3.57. The highest BCUT2D eigenvalue weighted by Crippen LogP contribution is 2.28. The van der Waals surface area contributed by atoms with E-state index in [1.807, 2.05) is 24.3 Å². The number of benzene rings is 3. The highest BCUT2D eigenvalue weighted by atomic mass is 35.5.